The topological polar surface area (TPSA) is 37.8 Å². The molecule has 6 heteroatoms. The summed E-state index contributed by atoms with van der Waals surface area (Å²) in [4.78, 5) is 9.10. The second-order valence-corrected chi connectivity index (χ2v) is 6.91. The molecule has 0 amide bonds. The minimum atomic E-state index is -0.281. The minimum Gasteiger partial charge on any atom is -0.369 e. The summed E-state index contributed by atoms with van der Waals surface area (Å²) in [6.45, 7) is 2.86. The van der Waals surface area contributed by atoms with E-state index in [1.54, 1.807) is 17.4 Å². The van der Waals surface area contributed by atoms with Gasteiger partial charge in [0.05, 0.1) is 9.30 Å². The number of anilines is 1. The molecule has 0 saturated heterocycles. The zero-order valence-electron chi connectivity index (χ0n) is 11.4. The molecule has 1 N–H and O–H groups in total. The van der Waals surface area contributed by atoms with Crippen LogP contribution in [0.25, 0.3) is 22.3 Å². The van der Waals surface area contributed by atoms with Crippen LogP contribution in [0.4, 0.5) is 10.2 Å². The molecule has 0 radical (unpaired) electrons. The monoisotopic (exact) mass is 365 g/mol. The standard InChI is InChI=1S/C15H13BrFN3S/c1-2-5-18-15-11-7-10(17)3-4-12(11)19-14(20-15)9-6-13(16)21-8-9/h3-4,6-8H,2,5H2,1H3,(H,18,19,20). The Morgan fingerprint density at radius 3 is 2.86 bits per heavy atom. The second kappa shape index (κ2) is 6.07. The fraction of sp³-hybridized carbons (Fsp3) is 0.200. The molecule has 1 aromatic carbocycles. The summed E-state index contributed by atoms with van der Waals surface area (Å²) < 4.78 is 14.5. The molecular weight excluding hydrogens is 353 g/mol. The van der Waals surface area contributed by atoms with Gasteiger partial charge in [0.15, 0.2) is 5.82 Å². The van der Waals surface area contributed by atoms with Crippen molar-refractivity contribution in [3.05, 3.63) is 39.2 Å². The summed E-state index contributed by atoms with van der Waals surface area (Å²) in [5.74, 6) is 1.05. The number of nitrogens with one attached hydrogen (secondary N) is 1. The van der Waals surface area contributed by atoms with Gasteiger partial charge in [-0.25, -0.2) is 14.4 Å². The van der Waals surface area contributed by atoms with E-state index in [1.807, 2.05) is 11.4 Å². The highest BCUT2D eigenvalue weighted by molar-refractivity contribution is 9.11. The Morgan fingerprint density at radius 1 is 1.29 bits per heavy atom. The highest BCUT2D eigenvalue weighted by atomic mass is 79.9. The summed E-state index contributed by atoms with van der Waals surface area (Å²) in [6.07, 6.45) is 0.972. The molecule has 0 aliphatic carbocycles. The highest BCUT2D eigenvalue weighted by Crippen LogP contribution is 2.30. The number of hydrogen-bond acceptors (Lipinski definition) is 4. The number of rotatable bonds is 4. The van der Waals surface area contributed by atoms with Gasteiger partial charge in [0, 0.05) is 22.9 Å². The maximum Gasteiger partial charge on any atom is 0.163 e. The molecule has 0 atom stereocenters. The molecule has 0 aliphatic heterocycles. The molecule has 0 bridgehead atoms. The van der Waals surface area contributed by atoms with Gasteiger partial charge in [-0.05, 0) is 46.6 Å². The van der Waals surface area contributed by atoms with Gasteiger partial charge >= 0.3 is 0 Å². The number of benzene rings is 1. The van der Waals surface area contributed by atoms with Crippen molar-refractivity contribution in [1.82, 2.24) is 9.97 Å². The van der Waals surface area contributed by atoms with Gasteiger partial charge in [-0.2, -0.15) is 0 Å². The quantitative estimate of drug-likeness (QED) is 0.700. The largest absolute Gasteiger partial charge is 0.369 e. The first-order valence-electron chi connectivity index (χ1n) is 6.63. The first kappa shape index (κ1) is 14.4. The van der Waals surface area contributed by atoms with Crippen molar-refractivity contribution in [2.45, 2.75) is 13.3 Å². The molecular formula is C15H13BrFN3S. The van der Waals surface area contributed by atoms with Crippen molar-refractivity contribution in [2.75, 3.05) is 11.9 Å². The normalized spacial score (nSPS) is 11.0. The Balaban J connectivity index is 2.16. The molecule has 0 unspecified atom stereocenters. The van der Waals surface area contributed by atoms with E-state index in [4.69, 9.17) is 0 Å². The van der Waals surface area contributed by atoms with E-state index >= 15 is 0 Å². The summed E-state index contributed by atoms with van der Waals surface area (Å²) >= 11 is 5.03. The Hall–Kier alpha value is -1.53. The van der Waals surface area contributed by atoms with Gasteiger partial charge in [-0.3, -0.25) is 0 Å². The van der Waals surface area contributed by atoms with Gasteiger partial charge in [0.2, 0.25) is 0 Å². The van der Waals surface area contributed by atoms with E-state index in [9.17, 15) is 4.39 Å². The lowest BCUT2D eigenvalue weighted by Crippen LogP contribution is -2.04. The van der Waals surface area contributed by atoms with Gasteiger partial charge in [0.1, 0.15) is 11.6 Å². The van der Waals surface area contributed by atoms with Crippen molar-refractivity contribution in [3.63, 3.8) is 0 Å². The molecule has 3 aromatic rings. The Kier molecular flexibility index (Phi) is 4.17. The van der Waals surface area contributed by atoms with Gasteiger partial charge in [-0.15, -0.1) is 11.3 Å². The third-order valence-electron chi connectivity index (χ3n) is 3.03. The average molecular weight is 366 g/mol. The lowest BCUT2D eigenvalue weighted by molar-refractivity contribution is 0.629. The third kappa shape index (κ3) is 3.06. The van der Waals surface area contributed by atoms with Crippen LogP contribution in [0.2, 0.25) is 0 Å². The van der Waals surface area contributed by atoms with Crippen molar-refractivity contribution >= 4 is 44.0 Å². The van der Waals surface area contributed by atoms with Crippen LogP contribution in [-0.2, 0) is 0 Å². The number of thiophene rings is 1. The van der Waals surface area contributed by atoms with Crippen LogP contribution in [0, 0.1) is 5.82 Å². The SMILES string of the molecule is CCCNc1nc(-c2csc(Br)c2)nc2ccc(F)cc12. The van der Waals surface area contributed by atoms with E-state index in [1.165, 1.54) is 12.1 Å². The third-order valence-corrected chi connectivity index (χ3v) is 4.53. The zero-order valence-corrected chi connectivity index (χ0v) is 13.8. The van der Waals surface area contributed by atoms with Crippen molar-refractivity contribution in [2.24, 2.45) is 0 Å². The highest BCUT2D eigenvalue weighted by Gasteiger charge is 2.11. The molecule has 3 rings (SSSR count). The Bertz CT molecular complexity index is 788. The summed E-state index contributed by atoms with van der Waals surface area (Å²) in [5, 5.41) is 5.96. The van der Waals surface area contributed by atoms with E-state index < -0.39 is 0 Å². The molecule has 2 aromatic heterocycles. The van der Waals surface area contributed by atoms with Crippen molar-refractivity contribution in [1.29, 1.82) is 0 Å². The van der Waals surface area contributed by atoms with Crippen LogP contribution in [0.5, 0.6) is 0 Å². The van der Waals surface area contributed by atoms with Crippen LogP contribution < -0.4 is 5.32 Å². The Labute approximate surface area is 134 Å². The van der Waals surface area contributed by atoms with Crippen LogP contribution in [0.3, 0.4) is 0 Å². The van der Waals surface area contributed by atoms with Crippen LogP contribution >= 0.6 is 27.3 Å². The number of hydrogen-bond donors (Lipinski definition) is 1. The lowest BCUT2D eigenvalue weighted by Gasteiger charge is -2.09. The second-order valence-electron chi connectivity index (χ2n) is 4.62. The number of fused-ring (bicyclic) bond motifs is 1. The Morgan fingerprint density at radius 2 is 2.14 bits per heavy atom. The fourth-order valence-corrected chi connectivity index (χ4v) is 3.17. The molecule has 0 fully saturated rings. The maximum atomic E-state index is 13.5. The number of halogens is 2. The van der Waals surface area contributed by atoms with Crippen LogP contribution in [0.15, 0.2) is 33.4 Å². The van der Waals surface area contributed by atoms with Gasteiger partial charge in [0.25, 0.3) is 0 Å². The molecule has 3 nitrogen and oxygen atoms in total. The predicted octanol–water partition coefficient (Wildman–Crippen LogP) is 5.08. The minimum absolute atomic E-state index is 0.281. The fourth-order valence-electron chi connectivity index (χ4n) is 2.04. The van der Waals surface area contributed by atoms with Gasteiger partial charge in [-0.1, -0.05) is 6.92 Å². The smallest absolute Gasteiger partial charge is 0.163 e. The molecule has 2 heterocycles. The maximum absolute atomic E-state index is 13.5. The molecule has 0 saturated carbocycles. The van der Waals surface area contributed by atoms with E-state index in [0.717, 1.165) is 27.8 Å². The number of aromatic nitrogens is 2. The summed E-state index contributed by atoms with van der Waals surface area (Å²) in [7, 11) is 0. The van der Waals surface area contributed by atoms with E-state index in [-0.39, 0.29) is 5.82 Å². The van der Waals surface area contributed by atoms with Crippen molar-refractivity contribution in [3.8, 4) is 11.4 Å². The molecule has 108 valence electrons. The molecule has 0 spiro atoms. The average Bonchev–Trinajstić information content (AvgIpc) is 2.91. The summed E-state index contributed by atoms with van der Waals surface area (Å²) in [5.41, 5.74) is 1.69. The van der Waals surface area contributed by atoms with Crippen LogP contribution in [0.1, 0.15) is 13.3 Å². The van der Waals surface area contributed by atoms with E-state index in [2.05, 4.69) is 38.1 Å². The molecule has 21 heavy (non-hydrogen) atoms. The first-order valence-corrected chi connectivity index (χ1v) is 8.30. The lowest BCUT2D eigenvalue weighted by atomic mass is 10.2. The molecule has 0 aliphatic rings. The van der Waals surface area contributed by atoms with Crippen molar-refractivity contribution < 1.29 is 4.39 Å². The summed E-state index contributed by atoms with van der Waals surface area (Å²) in [6, 6.07) is 6.57. The van der Waals surface area contributed by atoms with Gasteiger partial charge < -0.3 is 5.32 Å². The predicted molar refractivity (Wildman–Crippen MR) is 89.3 cm³/mol. The zero-order chi connectivity index (χ0) is 14.8. The van der Waals surface area contributed by atoms with E-state index in [0.29, 0.717) is 17.0 Å². The number of nitrogens with zero attached hydrogens (tertiary/aromatic N) is 2. The first-order chi connectivity index (χ1) is 10.2. The van der Waals surface area contributed by atoms with Crippen LogP contribution in [-0.4, -0.2) is 16.5 Å².